The quantitative estimate of drug-likeness (QED) is 0.360. The Hall–Kier alpha value is -2.20. The van der Waals surface area contributed by atoms with E-state index in [-0.39, 0.29) is 5.95 Å². The smallest absolute Gasteiger partial charge is 0.288 e. The second-order valence-electron chi connectivity index (χ2n) is 7.20. The fraction of sp³-hybridized carbons (Fsp3) is 0.429. The molecule has 2 bridgehead atoms. The van der Waals surface area contributed by atoms with Crippen molar-refractivity contribution in [2.75, 3.05) is 20.2 Å². The molecule has 4 atom stereocenters. The summed E-state index contributed by atoms with van der Waals surface area (Å²) in [6.45, 7) is 12.6. The standard InChI is InChI=1S/C21H27NO3/c1-5-17-14-22(11-10-18(17)12-15(22)2)16(3)13-21(23)25-20-9-7-6-8-19(20)24-4/h5-9,13,15,17-18H,1,3,10-12,14H2,2,4H3/p+1/b21-13+/t15-,17-,18?,22+/m0/s1. The molecule has 4 heteroatoms. The number of allylic oxidation sites excluding steroid dienone is 1. The first kappa shape index (κ1) is 17.6. The minimum atomic E-state index is -0.156. The molecule has 3 fully saturated rings. The molecule has 134 valence electrons. The number of aliphatic hydroxyl groups is 1. The highest BCUT2D eigenvalue weighted by Crippen LogP contribution is 2.45. The number of methoxy groups -OCH3 is 1. The Balaban J connectivity index is 1.80. The van der Waals surface area contributed by atoms with Gasteiger partial charge in [0.05, 0.1) is 32.3 Å². The average molecular weight is 342 g/mol. The van der Waals surface area contributed by atoms with E-state index in [1.807, 2.05) is 12.1 Å². The number of hydrogen-bond donors (Lipinski definition) is 1. The van der Waals surface area contributed by atoms with Crippen molar-refractivity contribution >= 4 is 0 Å². The maximum atomic E-state index is 10.3. The Kier molecular flexibility index (Phi) is 4.91. The normalized spacial score (nSPS) is 31.4. The van der Waals surface area contributed by atoms with Crippen LogP contribution in [-0.4, -0.2) is 35.8 Å². The number of para-hydroxylation sites is 2. The summed E-state index contributed by atoms with van der Waals surface area (Å²) in [4.78, 5) is 0. The first-order chi connectivity index (χ1) is 12.0. The third kappa shape index (κ3) is 3.19. The highest BCUT2D eigenvalue weighted by atomic mass is 16.6. The molecule has 3 aliphatic heterocycles. The Morgan fingerprint density at radius 1 is 1.32 bits per heavy atom. The van der Waals surface area contributed by atoms with Crippen LogP contribution in [0.15, 0.2) is 61.2 Å². The number of benzene rings is 1. The second kappa shape index (κ2) is 6.96. The minimum Gasteiger partial charge on any atom is -0.493 e. The lowest BCUT2D eigenvalue weighted by molar-refractivity contribution is -0.931. The summed E-state index contributed by atoms with van der Waals surface area (Å²) in [7, 11) is 1.58. The molecule has 3 saturated heterocycles. The van der Waals surface area contributed by atoms with E-state index in [4.69, 9.17) is 9.47 Å². The van der Waals surface area contributed by atoms with E-state index in [0.717, 1.165) is 29.2 Å². The maximum Gasteiger partial charge on any atom is 0.288 e. The number of nitrogens with zero attached hydrogens (tertiary/aromatic N) is 1. The van der Waals surface area contributed by atoms with Crippen LogP contribution in [0.3, 0.4) is 0 Å². The lowest BCUT2D eigenvalue weighted by atomic mass is 9.73. The van der Waals surface area contributed by atoms with Gasteiger partial charge in [-0.05, 0) is 31.6 Å². The van der Waals surface area contributed by atoms with Gasteiger partial charge in [-0.2, -0.15) is 0 Å². The van der Waals surface area contributed by atoms with Gasteiger partial charge in [-0.25, -0.2) is 0 Å². The van der Waals surface area contributed by atoms with Gasteiger partial charge in [0.15, 0.2) is 11.5 Å². The van der Waals surface area contributed by atoms with Gasteiger partial charge in [0.25, 0.3) is 5.95 Å². The van der Waals surface area contributed by atoms with Gasteiger partial charge >= 0.3 is 0 Å². The van der Waals surface area contributed by atoms with Crippen molar-refractivity contribution in [3.8, 4) is 11.5 Å². The van der Waals surface area contributed by atoms with E-state index in [1.54, 1.807) is 25.3 Å². The molecule has 3 aliphatic rings. The summed E-state index contributed by atoms with van der Waals surface area (Å²) < 4.78 is 11.7. The summed E-state index contributed by atoms with van der Waals surface area (Å²) in [5.74, 6) is 2.17. The first-order valence-electron chi connectivity index (χ1n) is 8.90. The Bertz CT molecular complexity index is 696. The van der Waals surface area contributed by atoms with Gasteiger partial charge in [0, 0.05) is 18.8 Å². The Morgan fingerprint density at radius 3 is 2.68 bits per heavy atom. The molecule has 0 radical (unpaired) electrons. The van der Waals surface area contributed by atoms with E-state index in [9.17, 15) is 5.11 Å². The molecule has 1 unspecified atom stereocenters. The van der Waals surface area contributed by atoms with Crippen LogP contribution in [0, 0.1) is 11.8 Å². The summed E-state index contributed by atoms with van der Waals surface area (Å²) >= 11 is 0. The monoisotopic (exact) mass is 342 g/mol. The molecule has 1 aromatic carbocycles. The molecular formula is C21H28NO3+. The number of hydrogen-bond acceptors (Lipinski definition) is 3. The summed E-state index contributed by atoms with van der Waals surface area (Å²) in [6, 6.07) is 7.76. The molecule has 0 amide bonds. The fourth-order valence-corrected chi connectivity index (χ4v) is 4.49. The first-order valence-corrected chi connectivity index (χ1v) is 8.90. The van der Waals surface area contributed by atoms with Gasteiger partial charge < -0.3 is 14.6 Å². The van der Waals surface area contributed by atoms with Crippen LogP contribution < -0.4 is 9.47 Å². The highest BCUT2D eigenvalue weighted by molar-refractivity contribution is 5.40. The molecule has 0 saturated carbocycles. The molecule has 0 aliphatic carbocycles. The number of piperidine rings is 3. The molecule has 0 aromatic heterocycles. The van der Waals surface area contributed by atoms with Crippen LogP contribution in [0.1, 0.15) is 19.8 Å². The van der Waals surface area contributed by atoms with Crippen LogP contribution >= 0.6 is 0 Å². The van der Waals surface area contributed by atoms with Crippen LogP contribution in [0.2, 0.25) is 0 Å². The van der Waals surface area contributed by atoms with Gasteiger partial charge in [0.1, 0.15) is 5.70 Å². The molecule has 3 heterocycles. The molecule has 1 aromatic rings. The SMILES string of the molecule is C=C[C@H]1C[N@+]2(C(=C)/C=C(\O)Oc3ccccc3OC)CCC1C[C@@H]2C. The van der Waals surface area contributed by atoms with Crippen LogP contribution in [-0.2, 0) is 0 Å². The summed E-state index contributed by atoms with van der Waals surface area (Å²) in [6.07, 6.45) is 6.11. The summed E-state index contributed by atoms with van der Waals surface area (Å²) in [5, 5.41) is 10.3. The zero-order valence-corrected chi connectivity index (χ0v) is 15.1. The van der Waals surface area contributed by atoms with E-state index in [0.29, 0.717) is 23.5 Å². The number of aliphatic hydroxyl groups excluding tert-OH is 1. The lowest BCUT2D eigenvalue weighted by Crippen LogP contribution is -2.64. The van der Waals surface area contributed by atoms with Crippen LogP contribution in [0.5, 0.6) is 11.5 Å². The zero-order valence-electron chi connectivity index (χ0n) is 15.1. The lowest BCUT2D eigenvalue weighted by Gasteiger charge is -2.55. The fourth-order valence-electron chi connectivity index (χ4n) is 4.49. The topological polar surface area (TPSA) is 38.7 Å². The molecule has 4 rings (SSSR count). The third-order valence-corrected chi connectivity index (χ3v) is 5.98. The van der Waals surface area contributed by atoms with E-state index < -0.39 is 0 Å². The minimum absolute atomic E-state index is 0.156. The third-order valence-electron chi connectivity index (χ3n) is 5.98. The predicted octanol–water partition coefficient (Wildman–Crippen LogP) is 4.42. The van der Waals surface area contributed by atoms with E-state index in [1.165, 1.54) is 12.8 Å². The largest absolute Gasteiger partial charge is 0.493 e. The zero-order chi connectivity index (χ0) is 18.0. The number of fused-ring (bicyclic) bond motifs is 3. The van der Waals surface area contributed by atoms with E-state index >= 15 is 0 Å². The van der Waals surface area contributed by atoms with Crippen molar-refractivity contribution in [1.82, 2.24) is 0 Å². The molecule has 4 nitrogen and oxygen atoms in total. The van der Waals surface area contributed by atoms with Crippen molar-refractivity contribution in [2.24, 2.45) is 11.8 Å². The van der Waals surface area contributed by atoms with Gasteiger partial charge in [-0.3, -0.25) is 4.48 Å². The second-order valence-corrected chi connectivity index (χ2v) is 7.20. The molecule has 0 spiro atoms. The summed E-state index contributed by atoms with van der Waals surface area (Å²) in [5.41, 5.74) is 0.893. The predicted molar refractivity (Wildman–Crippen MR) is 99.3 cm³/mol. The van der Waals surface area contributed by atoms with Crippen molar-refractivity contribution < 1.29 is 19.1 Å². The Morgan fingerprint density at radius 2 is 2.04 bits per heavy atom. The van der Waals surface area contributed by atoms with Crippen molar-refractivity contribution in [3.05, 3.63) is 61.2 Å². The molecule has 1 N–H and O–H groups in total. The van der Waals surface area contributed by atoms with Gasteiger partial charge in [-0.1, -0.05) is 18.2 Å². The maximum absolute atomic E-state index is 10.3. The molecular weight excluding hydrogens is 314 g/mol. The number of rotatable bonds is 6. The number of quaternary nitrogens is 1. The molecule has 25 heavy (non-hydrogen) atoms. The van der Waals surface area contributed by atoms with Crippen molar-refractivity contribution in [3.63, 3.8) is 0 Å². The van der Waals surface area contributed by atoms with Crippen molar-refractivity contribution in [1.29, 1.82) is 0 Å². The average Bonchev–Trinajstić information content (AvgIpc) is 2.62. The van der Waals surface area contributed by atoms with Gasteiger partial charge in [0.2, 0.25) is 0 Å². The van der Waals surface area contributed by atoms with Gasteiger partial charge in [-0.15, -0.1) is 6.58 Å². The van der Waals surface area contributed by atoms with Crippen molar-refractivity contribution in [2.45, 2.75) is 25.8 Å². The number of ether oxygens (including phenoxy) is 2. The van der Waals surface area contributed by atoms with E-state index in [2.05, 4.69) is 26.2 Å². The Labute approximate surface area is 150 Å². The van der Waals surface area contributed by atoms with Crippen LogP contribution in [0.25, 0.3) is 0 Å². The van der Waals surface area contributed by atoms with Crippen LogP contribution in [0.4, 0.5) is 0 Å². The highest BCUT2D eigenvalue weighted by Gasteiger charge is 2.50.